The van der Waals surface area contributed by atoms with E-state index in [1.54, 1.807) is 30.9 Å². The summed E-state index contributed by atoms with van der Waals surface area (Å²) in [5.74, 6) is 0.883. The first kappa shape index (κ1) is 28.8. The van der Waals surface area contributed by atoms with Crippen LogP contribution in [-0.2, 0) is 9.53 Å². The maximum Gasteiger partial charge on any atom is 0.412 e. The van der Waals surface area contributed by atoms with Crippen LogP contribution in [0.4, 0.5) is 4.79 Å². The van der Waals surface area contributed by atoms with Crippen molar-refractivity contribution in [3.05, 3.63) is 29.3 Å². The minimum Gasteiger partial charge on any atom is -0.497 e. The highest BCUT2D eigenvalue weighted by molar-refractivity contribution is 5.89. The smallest absolute Gasteiger partial charge is 0.412 e. The molecular formula is C25H44N2O4. The monoisotopic (exact) mass is 436 g/mol. The summed E-state index contributed by atoms with van der Waals surface area (Å²) in [6.07, 6.45) is -0.720. The van der Waals surface area contributed by atoms with Gasteiger partial charge in [-0.3, -0.25) is 9.69 Å². The Morgan fingerprint density at radius 2 is 1.52 bits per heavy atom. The van der Waals surface area contributed by atoms with Gasteiger partial charge in [-0.2, -0.15) is 0 Å². The van der Waals surface area contributed by atoms with Gasteiger partial charge in [-0.15, -0.1) is 0 Å². The van der Waals surface area contributed by atoms with Crippen LogP contribution in [0.25, 0.3) is 0 Å². The maximum absolute atomic E-state index is 12.3. The van der Waals surface area contributed by atoms with Crippen molar-refractivity contribution in [3.8, 4) is 5.75 Å². The molecule has 1 unspecified atom stereocenters. The van der Waals surface area contributed by atoms with Crippen molar-refractivity contribution in [1.29, 1.82) is 0 Å². The molecule has 2 rings (SSSR count). The third-order valence-corrected chi connectivity index (χ3v) is 4.85. The number of amides is 2. The van der Waals surface area contributed by atoms with Gasteiger partial charge in [0.2, 0.25) is 5.91 Å². The van der Waals surface area contributed by atoms with E-state index >= 15 is 0 Å². The highest BCUT2D eigenvalue weighted by Crippen LogP contribution is 2.34. The van der Waals surface area contributed by atoms with Crippen LogP contribution >= 0.6 is 0 Å². The quantitative estimate of drug-likeness (QED) is 0.559. The molecule has 1 aliphatic heterocycles. The van der Waals surface area contributed by atoms with Crippen molar-refractivity contribution >= 4 is 12.0 Å². The molecule has 1 aromatic carbocycles. The Morgan fingerprint density at radius 3 is 1.90 bits per heavy atom. The molecule has 6 nitrogen and oxygen atoms in total. The molecule has 0 aliphatic carbocycles. The van der Waals surface area contributed by atoms with Crippen LogP contribution in [0.15, 0.2) is 18.2 Å². The third kappa shape index (κ3) is 8.08. The number of hydrogen-bond acceptors (Lipinski definition) is 4. The lowest BCUT2D eigenvalue weighted by Gasteiger charge is -2.39. The van der Waals surface area contributed by atoms with E-state index in [0.717, 1.165) is 5.75 Å². The van der Waals surface area contributed by atoms with Gasteiger partial charge in [-0.25, -0.2) is 4.79 Å². The predicted molar refractivity (Wildman–Crippen MR) is 127 cm³/mol. The number of nitrogens with zero attached hydrogens (tertiary/aromatic N) is 2. The molecule has 0 saturated carbocycles. The van der Waals surface area contributed by atoms with E-state index in [4.69, 9.17) is 9.47 Å². The molecule has 1 heterocycles. The Balaban J connectivity index is 0.000000628. The van der Waals surface area contributed by atoms with Crippen molar-refractivity contribution in [3.63, 3.8) is 0 Å². The predicted octanol–water partition coefficient (Wildman–Crippen LogP) is 5.79. The molecule has 0 aromatic heterocycles. The highest BCUT2D eigenvalue weighted by atomic mass is 16.6. The van der Waals surface area contributed by atoms with E-state index in [2.05, 4.69) is 19.9 Å². The lowest BCUT2D eigenvalue weighted by Crippen LogP contribution is -2.51. The van der Waals surface area contributed by atoms with Crippen LogP contribution in [-0.4, -0.2) is 53.8 Å². The van der Waals surface area contributed by atoms with Crippen LogP contribution in [0.1, 0.15) is 73.4 Å². The van der Waals surface area contributed by atoms with Gasteiger partial charge in [0.1, 0.15) is 23.6 Å². The fourth-order valence-corrected chi connectivity index (χ4v) is 3.34. The van der Waals surface area contributed by atoms with Gasteiger partial charge in [-0.05, 0) is 64.8 Å². The van der Waals surface area contributed by atoms with Gasteiger partial charge in [0, 0.05) is 12.5 Å². The molecule has 1 aliphatic rings. The molecular weight excluding hydrogens is 392 g/mol. The molecule has 31 heavy (non-hydrogen) atoms. The summed E-state index contributed by atoms with van der Waals surface area (Å²) in [6.45, 7) is 21.4. The van der Waals surface area contributed by atoms with Crippen LogP contribution < -0.4 is 4.74 Å². The molecule has 1 aromatic rings. The summed E-state index contributed by atoms with van der Waals surface area (Å²) in [5.41, 5.74) is 1.79. The molecule has 1 fully saturated rings. The second-order valence-corrected chi connectivity index (χ2v) is 9.70. The number of ether oxygens (including phenoxy) is 2. The van der Waals surface area contributed by atoms with E-state index in [-0.39, 0.29) is 17.5 Å². The van der Waals surface area contributed by atoms with E-state index in [9.17, 15) is 9.59 Å². The summed E-state index contributed by atoms with van der Waals surface area (Å²) >= 11 is 0. The lowest BCUT2D eigenvalue weighted by atomic mass is 9.91. The molecule has 2 amide bonds. The molecule has 1 saturated heterocycles. The second-order valence-electron chi connectivity index (χ2n) is 9.70. The Labute approximate surface area is 189 Å². The largest absolute Gasteiger partial charge is 0.497 e. The van der Waals surface area contributed by atoms with E-state index in [1.807, 2.05) is 67.5 Å². The first-order valence-electron chi connectivity index (χ1n) is 11.0. The number of likely N-dealkylation sites (N-methyl/N-ethyl adjacent to an activating group) is 1. The summed E-state index contributed by atoms with van der Waals surface area (Å²) in [5, 5.41) is 0. The number of aryl methyl sites for hydroxylation is 2. The Morgan fingerprint density at radius 1 is 1.00 bits per heavy atom. The van der Waals surface area contributed by atoms with Crippen molar-refractivity contribution in [1.82, 2.24) is 9.80 Å². The van der Waals surface area contributed by atoms with Crippen LogP contribution in [0.3, 0.4) is 0 Å². The average Bonchev–Trinajstić information content (AvgIpc) is 2.89. The van der Waals surface area contributed by atoms with Gasteiger partial charge in [0.15, 0.2) is 0 Å². The summed E-state index contributed by atoms with van der Waals surface area (Å²) in [4.78, 5) is 27.6. The molecule has 0 radical (unpaired) electrons. The van der Waals surface area contributed by atoms with E-state index in [1.165, 1.54) is 11.1 Å². The second kappa shape index (κ2) is 11.4. The zero-order valence-corrected chi connectivity index (χ0v) is 21.9. The first-order chi connectivity index (χ1) is 14.1. The number of methoxy groups -OCH3 is 1. The zero-order chi connectivity index (χ0) is 24.7. The topological polar surface area (TPSA) is 59.1 Å². The average molecular weight is 437 g/mol. The minimum absolute atomic E-state index is 0.0502. The minimum atomic E-state index is -0.566. The molecule has 2 atom stereocenters. The normalized spacial score (nSPS) is 18.5. The molecule has 0 spiro atoms. The fourth-order valence-electron chi connectivity index (χ4n) is 3.34. The van der Waals surface area contributed by atoms with Gasteiger partial charge in [-0.1, -0.05) is 40.7 Å². The van der Waals surface area contributed by atoms with Crippen LogP contribution in [0.5, 0.6) is 5.75 Å². The van der Waals surface area contributed by atoms with Crippen molar-refractivity contribution < 1.29 is 19.1 Å². The molecule has 0 bridgehead atoms. The number of rotatable bonds is 1. The van der Waals surface area contributed by atoms with E-state index in [0.29, 0.717) is 0 Å². The van der Waals surface area contributed by atoms with Crippen molar-refractivity contribution in [2.45, 2.75) is 94.0 Å². The van der Waals surface area contributed by atoms with Crippen molar-refractivity contribution in [2.24, 2.45) is 5.41 Å². The van der Waals surface area contributed by atoms with Gasteiger partial charge in [0.05, 0.1) is 7.11 Å². The highest BCUT2D eigenvalue weighted by Gasteiger charge is 2.50. The number of hydrogen-bond donors (Lipinski definition) is 0. The van der Waals surface area contributed by atoms with Gasteiger partial charge in [0.25, 0.3) is 0 Å². The number of carbonyl (C=O) groups excluding carboxylic acids is 2. The molecule has 6 heteroatoms. The summed E-state index contributed by atoms with van der Waals surface area (Å²) in [7, 11) is 3.42. The maximum atomic E-state index is 12.3. The lowest BCUT2D eigenvalue weighted by molar-refractivity contribution is -0.129. The van der Waals surface area contributed by atoms with Gasteiger partial charge < -0.3 is 14.4 Å². The SMILES string of the molecule is CC.COc1ccc(C)c(C)c1.C[C@H]1C(=O)N(C)C(C(C)(C)C)N1C(=O)OC(C)(C)C. The Hall–Kier alpha value is -2.24. The fraction of sp³-hybridized carbons (Fsp3) is 0.680. The number of benzene rings is 1. The third-order valence-electron chi connectivity index (χ3n) is 4.85. The summed E-state index contributed by atoms with van der Waals surface area (Å²) in [6, 6.07) is 5.59. The van der Waals surface area contributed by atoms with Crippen molar-refractivity contribution in [2.75, 3.05) is 14.2 Å². The standard InChI is InChI=1S/C14H26N2O3.C9H12O.C2H6/c1-9-10(17)15(8)11(13(2,3)4)16(9)12(18)19-14(5,6)7;1-7-4-5-9(10-3)6-8(7)2;1-2/h9,11H,1-8H3;4-6H,1-3H3;1-2H3/t9-,11?;;/m0../s1. The van der Waals surface area contributed by atoms with Crippen LogP contribution in [0.2, 0.25) is 0 Å². The molecule has 0 N–H and O–H groups in total. The first-order valence-corrected chi connectivity index (χ1v) is 11.0. The van der Waals surface area contributed by atoms with E-state index < -0.39 is 17.7 Å². The zero-order valence-electron chi connectivity index (χ0n) is 21.9. The Kier molecular flexibility index (Phi) is 10.6. The van der Waals surface area contributed by atoms with Crippen LogP contribution in [0, 0.1) is 19.3 Å². The Bertz CT molecular complexity index is 732. The molecule has 178 valence electrons. The summed E-state index contributed by atoms with van der Waals surface area (Å²) < 4.78 is 10.5. The van der Waals surface area contributed by atoms with Gasteiger partial charge >= 0.3 is 6.09 Å². The number of carbonyl (C=O) groups is 2.